The van der Waals surface area contributed by atoms with Crippen LogP contribution < -0.4 is 15.4 Å². The maximum Gasteiger partial charge on any atom is 0.344 e. The van der Waals surface area contributed by atoms with Crippen molar-refractivity contribution in [1.82, 2.24) is 10.6 Å². The van der Waals surface area contributed by atoms with Gasteiger partial charge in [-0.05, 0) is 45.0 Å². The highest BCUT2D eigenvalue weighted by Crippen LogP contribution is 2.11. The number of carbonyl (C=O) groups is 4. The Balaban J connectivity index is 2.38. The lowest BCUT2D eigenvalue weighted by molar-refractivity contribution is -0.156. The molecule has 24 heavy (non-hydrogen) atoms. The van der Waals surface area contributed by atoms with Gasteiger partial charge in [-0.2, -0.15) is 0 Å². The van der Waals surface area contributed by atoms with Gasteiger partial charge in [0.25, 0.3) is 5.91 Å². The monoisotopic (exact) mass is 336 g/mol. The minimum atomic E-state index is -1.14. The summed E-state index contributed by atoms with van der Waals surface area (Å²) < 4.78 is 10.1. The molecule has 8 nitrogen and oxygen atoms in total. The van der Waals surface area contributed by atoms with Crippen molar-refractivity contribution in [3.05, 3.63) is 29.8 Å². The maximum absolute atomic E-state index is 11.7. The zero-order valence-corrected chi connectivity index (χ0v) is 13.7. The van der Waals surface area contributed by atoms with Crippen LogP contribution in [0, 0.1) is 0 Å². The van der Waals surface area contributed by atoms with E-state index >= 15 is 0 Å². The van der Waals surface area contributed by atoms with Crippen LogP contribution in [0.2, 0.25) is 0 Å². The van der Waals surface area contributed by atoms with Crippen LogP contribution >= 0.6 is 0 Å². The number of rotatable bonds is 7. The molecule has 0 fully saturated rings. The third kappa shape index (κ3) is 6.91. The molecule has 2 N–H and O–H groups in total. The molecule has 1 rings (SSSR count). The number of esters is 1. The normalized spacial score (nSPS) is 11.3. The molecule has 0 radical (unpaired) electrons. The molecule has 8 heteroatoms. The van der Waals surface area contributed by atoms with Crippen molar-refractivity contribution < 1.29 is 28.7 Å². The number of ether oxygens (including phenoxy) is 2. The van der Waals surface area contributed by atoms with Gasteiger partial charge in [0.15, 0.2) is 12.7 Å². The lowest BCUT2D eigenvalue weighted by Gasteiger charge is -2.14. The highest BCUT2D eigenvalue weighted by atomic mass is 16.6. The fourth-order valence-corrected chi connectivity index (χ4v) is 1.58. The van der Waals surface area contributed by atoms with E-state index in [9.17, 15) is 19.2 Å². The van der Waals surface area contributed by atoms with Crippen LogP contribution in [0.1, 0.15) is 31.1 Å². The summed E-state index contributed by atoms with van der Waals surface area (Å²) in [6.07, 6.45) is -0.454. The Labute approximate surface area is 139 Å². The van der Waals surface area contributed by atoms with Gasteiger partial charge in [0, 0.05) is 11.6 Å². The summed E-state index contributed by atoms with van der Waals surface area (Å²) in [5, 5.41) is 4.54. The van der Waals surface area contributed by atoms with Crippen molar-refractivity contribution in [2.75, 3.05) is 6.61 Å². The van der Waals surface area contributed by atoms with Gasteiger partial charge in [-0.3, -0.25) is 14.9 Å². The van der Waals surface area contributed by atoms with E-state index in [1.54, 1.807) is 13.8 Å². The smallest absolute Gasteiger partial charge is 0.344 e. The molecule has 0 bridgehead atoms. The molecule has 0 saturated heterocycles. The topological polar surface area (TPSA) is 111 Å². The predicted molar refractivity (Wildman–Crippen MR) is 84.7 cm³/mol. The maximum atomic E-state index is 11.7. The van der Waals surface area contributed by atoms with E-state index in [1.165, 1.54) is 31.2 Å². The van der Waals surface area contributed by atoms with Gasteiger partial charge in [-0.1, -0.05) is 0 Å². The average molecular weight is 336 g/mol. The van der Waals surface area contributed by atoms with E-state index in [2.05, 4.69) is 10.6 Å². The predicted octanol–water partition coefficient (Wildman–Crippen LogP) is 1.04. The fraction of sp³-hybridized carbons (Fsp3) is 0.375. The molecule has 0 spiro atoms. The highest BCUT2D eigenvalue weighted by molar-refractivity contribution is 5.97. The van der Waals surface area contributed by atoms with Crippen molar-refractivity contribution >= 4 is 24.2 Å². The van der Waals surface area contributed by atoms with Gasteiger partial charge < -0.3 is 14.8 Å². The molecule has 0 saturated carbocycles. The molecule has 3 amide bonds. The van der Waals surface area contributed by atoms with Gasteiger partial charge in [-0.25, -0.2) is 9.59 Å². The summed E-state index contributed by atoms with van der Waals surface area (Å²) in [5.41, 5.74) is 0.481. The van der Waals surface area contributed by atoms with E-state index in [-0.39, 0.29) is 6.04 Å². The average Bonchev–Trinajstić information content (AvgIpc) is 2.52. The van der Waals surface area contributed by atoms with Gasteiger partial charge in [-0.15, -0.1) is 0 Å². The van der Waals surface area contributed by atoms with Crippen LogP contribution in [0.3, 0.4) is 0 Å². The van der Waals surface area contributed by atoms with Crippen LogP contribution in [0.5, 0.6) is 5.75 Å². The Bertz CT molecular complexity index is 597. The van der Waals surface area contributed by atoms with Crippen LogP contribution in [-0.2, 0) is 14.3 Å². The minimum Gasteiger partial charge on any atom is -0.482 e. The third-order valence-corrected chi connectivity index (χ3v) is 2.71. The Morgan fingerprint density at radius 1 is 1.12 bits per heavy atom. The van der Waals surface area contributed by atoms with E-state index < -0.39 is 30.6 Å². The van der Waals surface area contributed by atoms with Crippen molar-refractivity contribution in [3.8, 4) is 5.75 Å². The number of amides is 3. The Morgan fingerprint density at radius 2 is 1.75 bits per heavy atom. The van der Waals surface area contributed by atoms with Crippen molar-refractivity contribution in [2.24, 2.45) is 0 Å². The van der Waals surface area contributed by atoms with E-state index in [4.69, 9.17) is 9.47 Å². The molecule has 130 valence electrons. The molecule has 1 atom stereocenters. The number of hydrogen-bond donors (Lipinski definition) is 2. The molecule has 0 aromatic heterocycles. The van der Waals surface area contributed by atoms with Gasteiger partial charge in [0.2, 0.25) is 0 Å². The SMILES string of the molecule is CC(C)NC(=O)NC(=O)[C@@H](C)OC(=O)COc1ccc(C=O)cc1. The second kappa shape index (κ2) is 9.29. The largest absolute Gasteiger partial charge is 0.482 e. The third-order valence-electron chi connectivity index (χ3n) is 2.71. The summed E-state index contributed by atoms with van der Waals surface area (Å²) in [4.78, 5) is 45.2. The van der Waals surface area contributed by atoms with Crippen molar-refractivity contribution in [2.45, 2.75) is 32.9 Å². The molecular formula is C16H20N2O6. The molecule has 1 aromatic carbocycles. The van der Waals surface area contributed by atoms with Crippen molar-refractivity contribution in [3.63, 3.8) is 0 Å². The number of hydrogen-bond acceptors (Lipinski definition) is 6. The molecule has 0 aliphatic heterocycles. The van der Waals surface area contributed by atoms with E-state index in [1.807, 2.05) is 0 Å². The summed E-state index contributed by atoms with van der Waals surface area (Å²) in [5.74, 6) is -1.12. The molecule has 0 aliphatic carbocycles. The number of imide groups is 1. The first-order valence-electron chi connectivity index (χ1n) is 7.30. The molecule has 0 heterocycles. The minimum absolute atomic E-state index is 0.130. The van der Waals surface area contributed by atoms with Gasteiger partial charge in [0.1, 0.15) is 12.0 Å². The zero-order chi connectivity index (χ0) is 18.1. The molecule has 1 aromatic rings. The van der Waals surface area contributed by atoms with Crippen LogP contribution in [0.25, 0.3) is 0 Å². The van der Waals surface area contributed by atoms with E-state index in [0.29, 0.717) is 17.6 Å². The van der Waals surface area contributed by atoms with Crippen LogP contribution in [0.15, 0.2) is 24.3 Å². The Morgan fingerprint density at radius 3 is 2.29 bits per heavy atom. The quantitative estimate of drug-likeness (QED) is 0.568. The van der Waals surface area contributed by atoms with Crippen LogP contribution in [-0.4, -0.2) is 42.9 Å². The lowest BCUT2D eigenvalue weighted by atomic mass is 10.2. The first-order chi connectivity index (χ1) is 11.3. The highest BCUT2D eigenvalue weighted by Gasteiger charge is 2.20. The first-order valence-corrected chi connectivity index (χ1v) is 7.30. The summed E-state index contributed by atoms with van der Waals surface area (Å²) in [7, 11) is 0. The van der Waals surface area contributed by atoms with Gasteiger partial charge in [0.05, 0.1) is 0 Å². The van der Waals surface area contributed by atoms with Crippen molar-refractivity contribution in [1.29, 1.82) is 0 Å². The number of carbonyl (C=O) groups excluding carboxylic acids is 4. The van der Waals surface area contributed by atoms with Crippen LogP contribution in [0.4, 0.5) is 4.79 Å². The van der Waals surface area contributed by atoms with E-state index in [0.717, 1.165) is 0 Å². The number of aldehydes is 1. The molecular weight excluding hydrogens is 316 g/mol. The number of urea groups is 1. The second-order valence-electron chi connectivity index (χ2n) is 5.23. The first kappa shape index (κ1) is 19.1. The Hall–Kier alpha value is -2.90. The summed E-state index contributed by atoms with van der Waals surface area (Å²) in [6.45, 7) is 4.42. The molecule has 0 aliphatic rings. The lowest BCUT2D eigenvalue weighted by Crippen LogP contribution is -2.46. The van der Waals surface area contributed by atoms with Gasteiger partial charge >= 0.3 is 12.0 Å². The molecule has 0 unspecified atom stereocenters. The summed E-state index contributed by atoms with van der Waals surface area (Å²) >= 11 is 0. The Kier molecular flexibility index (Phi) is 7.41. The number of benzene rings is 1. The zero-order valence-electron chi connectivity index (χ0n) is 13.7. The summed E-state index contributed by atoms with van der Waals surface area (Å²) in [6, 6.07) is 5.35. The second-order valence-corrected chi connectivity index (χ2v) is 5.23. The standard InChI is InChI=1S/C16H20N2O6/c1-10(2)17-16(22)18-15(21)11(3)24-14(20)9-23-13-6-4-12(8-19)5-7-13/h4-8,10-11H,9H2,1-3H3,(H2,17,18,21,22)/t11-/m1/s1. The number of nitrogens with one attached hydrogen (secondary N) is 2. The fourth-order valence-electron chi connectivity index (χ4n) is 1.58.